The maximum absolute atomic E-state index is 13.5. The molecule has 0 amide bonds. The first kappa shape index (κ1) is 18.4. The summed E-state index contributed by atoms with van der Waals surface area (Å²) >= 11 is 0. The fourth-order valence-electron chi connectivity index (χ4n) is 2.51. The van der Waals surface area contributed by atoms with E-state index in [1.165, 1.54) is 23.9 Å². The number of hydrogen-bond donors (Lipinski definition) is 0. The minimum Gasteiger partial charge on any atom is -0.465 e. The number of esters is 1. The number of halogens is 3. The van der Waals surface area contributed by atoms with E-state index >= 15 is 0 Å². The molecule has 27 heavy (non-hydrogen) atoms. The molecular formula is C18H14F3N3O3. The van der Waals surface area contributed by atoms with Gasteiger partial charge < -0.3 is 9.47 Å². The SMILES string of the molecule is COC(=O)c1cc(C(F)(F)F)c(Oc2ccccc2-n2ccnn2)cc1C. The monoisotopic (exact) mass is 377 g/mol. The average molecular weight is 377 g/mol. The third-order valence-electron chi connectivity index (χ3n) is 3.79. The summed E-state index contributed by atoms with van der Waals surface area (Å²) in [5, 5.41) is 7.51. The minimum absolute atomic E-state index is 0.152. The molecule has 140 valence electrons. The minimum atomic E-state index is -4.73. The number of para-hydroxylation sites is 2. The highest BCUT2D eigenvalue weighted by Crippen LogP contribution is 2.40. The van der Waals surface area contributed by atoms with Crippen molar-refractivity contribution in [3.05, 3.63) is 65.5 Å². The smallest absolute Gasteiger partial charge is 0.420 e. The topological polar surface area (TPSA) is 66.2 Å². The lowest BCUT2D eigenvalue weighted by Crippen LogP contribution is -2.12. The first-order valence-corrected chi connectivity index (χ1v) is 7.75. The van der Waals surface area contributed by atoms with Crippen LogP contribution in [0.1, 0.15) is 21.5 Å². The van der Waals surface area contributed by atoms with Crippen LogP contribution in [0.15, 0.2) is 48.8 Å². The molecular weight excluding hydrogens is 363 g/mol. The number of methoxy groups -OCH3 is 1. The quantitative estimate of drug-likeness (QED) is 0.639. The molecule has 0 spiro atoms. The van der Waals surface area contributed by atoms with E-state index in [0.717, 1.165) is 19.2 Å². The zero-order chi connectivity index (χ0) is 19.6. The largest absolute Gasteiger partial charge is 0.465 e. The van der Waals surface area contributed by atoms with Crippen molar-refractivity contribution in [3.63, 3.8) is 0 Å². The lowest BCUT2D eigenvalue weighted by Gasteiger charge is -2.17. The third kappa shape index (κ3) is 3.76. The Morgan fingerprint density at radius 1 is 1.15 bits per heavy atom. The van der Waals surface area contributed by atoms with Crippen molar-refractivity contribution in [3.8, 4) is 17.2 Å². The summed E-state index contributed by atoms with van der Waals surface area (Å²) in [6.45, 7) is 1.50. The van der Waals surface area contributed by atoms with E-state index in [9.17, 15) is 18.0 Å². The van der Waals surface area contributed by atoms with Gasteiger partial charge in [0.25, 0.3) is 0 Å². The maximum Gasteiger partial charge on any atom is 0.420 e. The third-order valence-corrected chi connectivity index (χ3v) is 3.79. The van der Waals surface area contributed by atoms with Crippen LogP contribution < -0.4 is 4.74 Å². The van der Waals surface area contributed by atoms with Crippen LogP contribution in [-0.4, -0.2) is 28.1 Å². The molecule has 6 nitrogen and oxygen atoms in total. The number of carbonyl (C=O) groups excluding carboxylic acids is 1. The second-order valence-electron chi connectivity index (χ2n) is 5.57. The first-order valence-electron chi connectivity index (χ1n) is 7.75. The predicted molar refractivity (Wildman–Crippen MR) is 89.0 cm³/mol. The van der Waals surface area contributed by atoms with Gasteiger partial charge in [0.05, 0.1) is 30.6 Å². The van der Waals surface area contributed by atoms with Crippen molar-refractivity contribution < 1.29 is 27.4 Å². The number of nitrogens with zero attached hydrogens (tertiary/aromatic N) is 3. The van der Waals surface area contributed by atoms with Gasteiger partial charge in [-0.25, -0.2) is 9.48 Å². The molecule has 0 N–H and O–H groups in total. The van der Waals surface area contributed by atoms with E-state index in [4.69, 9.17) is 4.74 Å². The van der Waals surface area contributed by atoms with Crippen molar-refractivity contribution in [2.75, 3.05) is 7.11 Å². The second-order valence-corrected chi connectivity index (χ2v) is 5.57. The Hall–Kier alpha value is -3.36. The molecule has 0 saturated carbocycles. The maximum atomic E-state index is 13.5. The molecule has 1 aromatic heterocycles. The molecule has 0 atom stereocenters. The Kier molecular flexibility index (Phi) is 4.85. The lowest BCUT2D eigenvalue weighted by molar-refractivity contribution is -0.138. The van der Waals surface area contributed by atoms with Crippen molar-refractivity contribution >= 4 is 5.97 Å². The Morgan fingerprint density at radius 3 is 2.52 bits per heavy atom. The van der Waals surface area contributed by atoms with Gasteiger partial charge in [-0.05, 0) is 36.8 Å². The average Bonchev–Trinajstić information content (AvgIpc) is 3.15. The summed E-state index contributed by atoms with van der Waals surface area (Å²) in [6, 6.07) is 8.36. The summed E-state index contributed by atoms with van der Waals surface area (Å²) in [5.74, 6) is -1.13. The summed E-state index contributed by atoms with van der Waals surface area (Å²) in [7, 11) is 1.10. The molecule has 0 aliphatic rings. The number of rotatable bonds is 4. The van der Waals surface area contributed by atoms with Crippen LogP contribution in [0.5, 0.6) is 11.5 Å². The molecule has 3 aromatic rings. The normalized spacial score (nSPS) is 11.3. The van der Waals surface area contributed by atoms with E-state index < -0.39 is 23.5 Å². The van der Waals surface area contributed by atoms with Crippen LogP contribution in [0.25, 0.3) is 5.69 Å². The van der Waals surface area contributed by atoms with Crippen LogP contribution in [0.4, 0.5) is 13.2 Å². The van der Waals surface area contributed by atoms with Gasteiger partial charge in [-0.2, -0.15) is 13.2 Å². The molecule has 0 aliphatic carbocycles. The molecule has 0 saturated heterocycles. The van der Waals surface area contributed by atoms with Gasteiger partial charge in [-0.3, -0.25) is 0 Å². The first-order chi connectivity index (χ1) is 12.8. The van der Waals surface area contributed by atoms with Gasteiger partial charge in [-0.1, -0.05) is 17.3 Å². The highest BCUT2D eigenvalue weighted by molar-refractivity contribution is 5.91. The van der Waals surface area contributed by atoms with E-state index in [1.807, 2.05) is 0 Å². The molecule has 0 bridgehead atoms. The van der Waals surface area contributed by atoms with E-state index in [-0.39, 0.29) is 11.3 Å². The number of alkyl halides is 3. The van der Waals surface area contributed by atoms with Gasteiger partial charge in [0.2, 0.25) is 0 Å². The van der Waals surface area contributed by atoms with Gasteiger partial charge >= 0.3 is 12.1 Å². The Balaban J connectivity index is 2.11. The van der Waals surface area contributed by atoms with Crippen molar-refractivity contribution in [2.24, 2.45) is 0 Å². The van der Waals surface area contributed by atoms with Crippen LogP contribution >= 0.6 is 0 Å². The molecule has 0 unspecified atom stereocenters. The van der Waals surface area contributed by atoms with Crippen LogP contribution in [0, 0.1) is 6.92 Å². The van der Waals surface area contributed by atoms with Crippen LogP contribution in [-0.2, 0) is 10.9 Å². The molecule has 0 fully saturated rings. The van der Waals surface area contributed by atoms with Crippen molar-refractivity contribution in [1.29, 1.82) is 0 Å². The van der Waals surface area contributed by atoms with Crippen molar-refractivity contribution in [1.82, 2.24) is 15.0 Å². The van der Waals surface area contributed by atoms with Gasteiger partial charge in [0, 0.05) is 0 Å². The van der Waals surface area contributed by atoms with E-state index in [1.54, 1.807) is 24.4 Å². The molecule has 0 radical (unpaired) electrons. The molecule has 0 aliphatic heterocycles. The summed E-state index contributed by atoms with van der Waals surface area (Å²) < 4.78 is 52.1. The highest BCUT2D eigenvalue weighted by atomic mass is 19.4. The zero-order valence-corrected chi connectivity index (χ0v) is 14.3. The fourth-order valence-corrected chi connectivity index (χ4v) is 2.51. The van der Waals surface area contributed by atoms with E-state index in [2.05, 4.69) is 15.0 Å². The summed E-state index contributed by atoms with van der Waals surface area (Å²) in [6.07, 6.45) is -1.75. The number of aromatic nitrogens is 3. The summed E-state index contributed by atoms with van der Waals surface area (Å²) in [4.78, 5) is 11.7. The summed E-state index contributed by atoms with van der Waals surface area (Å²) in [5.41, 5.74) is -0.551. The lowest BCUT2D eigenvalue weighted by atomic mass is 10.0. The van der Waals surface area contributed by atoms with Crippen LogP contribution in [0.2, 0.25) is 0 Å². The van der Waals surface area contributed by atoms with Crippen LogP contribution in [0.3, 0.4) is 0 Å². The Bertz CT molecular complexity index is 970. The Morgan fingerprint density at radius 2 is 1.89 bits per heavy atom. The predicted octanol–water partition coefficient (Wildman–Crippen LogP) is 4.17. The molecule has 9 heteroatoms. The fraction of sp³-hybridized carbons (Fsp3) is 0.167. The van der Waals surface area contributed by atoms with Gasteiger partial charge in [0.15, 0.2) is 5.75 Å². The standard InChI is InChI=1S/C18H14F3N3O3/c1-11-9-16(13(18(19,20)21)10-12(11)17(25)26-2)27-15-6-4-3-5-14(15)24-8-7-22-23-24/h3-10H,1-2H3. The second kappa shape index (κ2) is 7.10. The number of hydrogen-bond acceptors (Lipinski definition) is 5. The Labute approximate surface area is 152 Å². The number of aryl methyl sites for hydroxylation is 1. The molecule has 3 rings (SSSR count). The zero-order valence-electron chi connectivity index (χ0n) is 14.3. The number of carbonyl (C=O) groups is 1. The molecule has 1 heterocycles. The molecule has 2 aromatic carbocycles. The van der Waals surface area contributed by atoms with Gasteiger partial charge in [0.1, 0.15) is 11.4 Å². The number of benzene rings is 2. The highest BCUT2D eigenvalue weighted by Gasteiger charge is 2.36. The van der Waals surface area contributed by atoms with Gasteiger partial charge in [-0.15, -0.1) is 5.10 Å². The van der Waals surface area contributed by atoms with Crippen molar-refractivity contribution in [2.45, 2.75) is 13.1 Å². The van der Waals surface area contributed by atoms with E-state index in [0.29, 0.717) is 11.3 Å². The number of ether oxygens (including phenoxy) is 2.